The zero-order chi connectivity index (χ0) is 31.3. The van der Waals surface area contributed by atoms with Crippen molar-refractivity contribution in [3.8, 4) is 11.1 Å². The standard InChI is InChI=1S/C45H39N/c1-4-34(46(35-15-7-6-8-16-35)36-28-25-32-24-23-31(3)37(5-2)41(32)29-36)27-26-33-30-45(42-20-12-9-17-38(33)42)43-21-13-10-18-39(43)40-19-11-14-22-44(40)45/h5-29,31H,4,30H2,1-3H3. The normalized spacial score (nSPS) is 18.8. The molecule has 0 fully saturated rings. The quantitative estimate of drug-likeness (QED) is 0.196. The third-order valence-corrected chi connectivity index (χ3v) is 10.4. The Labute approximate surface area is 273 Å². The topological polar surface area (TPSA) is 3.24 Å². The van der Waals surface area contributed by atoms with Gasteiger partial charge in [-0.05, 0) is 112 Å². The van der Waals surface area contributed by atoms with E-state index in [0.717, 1.165) is 12.8 Å². The van der Waals surface area contributed by atoms with E-state index in [9.17, 15) is 0 Å². The van der Waals surface area contributed by atoms with Crippen LogP contribution in [0.1, 0.15) is 67.0 Å². The van der Waals surface area contributed by atoms with E-state index >= 15 is 0 Å². The predicted molar refractivity (Wildman–Crippen MR) is 196 cm³/mol. The summed E-state index contributed by atoms with van der Waals surface area (Å²) in [4.78, 5) is 2.45. The number of fused-ring (bicyclic) bond motifs is 8. The van der Waals surface area contributed by atoms with E-state index in [1.807, 2.05) is 0 Å². The van der Waals surface area contributed by atoms with E-state index in [1.54, 1.807) is 0 Å². The first kappa shape index (κ1) is 28.3. The molecule has 1 spiro atoms. The molecule has 8 rings (SSSR count). The first-order valence-electron chi connectivity index (χ1n) is 16.7. The van der Waals surface area contributed by atoms with Crippen molar-refractivity contribution in [3.63, 3.8) is 0 Å². The van der Waals surface area contributed by atoms with E-state index in [4.69, 9.17) is 0 Å². The number of nitrogens with zero attached hydrogens (tertiary/aromatic N) is 1. The van der Waals surface area contributed by atoms with Crippen molar-refractivity contribution in [1.29, 1.82) is 0 Å². The molecule has 0 heterocycles. The Morgan fingerprint density at radius 3 is 1.98 bits per heavy atom. The molecule has 0 N–H and O–H groups in total. The molecule has 0 bridgehead atoms. The van der Waals surface area contributed by atoms with Gasteiger partial charge in [-0.2, -0.15) is 0 Å². The summed E-state index contributed by atoms with van der Waals surface area (Å²) < 4.78 is 0. The summed E-state index contributed by atoms with van der Waals surface area (Å²) in [5.74, 6) is 0.407. The number of para-hydroxylation sites is 1. The van der Waals surface area contributed by atoms with Gasteiger partial charge >= 0.3 is 0 Å². The van der Waals surface area contributed by atoms with Crippen LogP contribution in [0, 0.1) is 5.92 Å². The highest BCUT2D eigenvalue weighted by Crippen LogP contribution is 2.60. The van der Waals surface area contributed by atoms with E-state index in [0.29, 0.717) is 5.92 Å². The van der Waals surface area contributed by atoms with Crippen LogP contribution in [0.25, 0.3) is 28.3 Å². The highest BCUT2D eigenvalue weighted by molar-refractivity contribution is 5.91. The monoisotopic (exact) mass is 593 g/mol. The molecule has 1 atom stereocenters. The van der Waals surface area contributed by atoms with Crippen LogP contribution in [0.4, 0.5) is 11.4 Å². The summed E-state index contributed by atoms with van der Waals surface area (Å²) in [6, 6.07) is 44.9. The number of benzene rings is 5. The van der Waals surface area contributed by atoms with Gasteiger partial charge in [-0.25, -0.2) is 0 Å². The van der Waals surface area contributed by atoms with Crippen LogP contribution in [0.5, 0.6) is 0 Å². The molecule has 3 aliphatic rings. The second-order valence-corrected chi connectivity index (χ2v) is 12.8. The minimum atomic E-state index is -0.166. The lowest BCUT2D eigenvalue weighted by Crippen LogP contribution is -2.23. The molecule has 1 unspecified atom stereocenters. The maximum atomic E-state index is 2.45. The molecule has 1 nitrogen and oxygen atoms in total. The highest BCUT2D eigenvalue weighted by Gasteiger charge is 2.49. The SMILES string of the molecule is CC=C1c2cc(N(C(=CC=C3CC4(c5ccccc53)c3ccccc3-c3ccccc34)CC)c3ccccc3)ccc2C=CC1C. The van der Waals surface area contributed by atoms with Gasteiger partial charge in [0, 0.05) is 17.1 Å². The minimum absolute atomic E-state index is 0.166. The molecule has 0 radical (unpaired) electrons. The van der Waals surface area contributed by atoms with Gasteiger partial charge in [-0.3, -0.25) is 0 Å². The first-order chi connectivity index (χ1) is 22.6. The van der Waals surface area contributed by atoms with Crippen molar-refractivity contribution in [2.75, 3.05) is 4.90 Å². The Morgan fingerprint density at radius 2 is 1.33 bits per heavy atom. The Hall–Kier alpha value is -5.14. The number of rotatable bonds is 5. The second-order valence-electron chi connectivity index (χ2n) is 12.8. The van der Waals surface area contributed by atoms with Crippen LogP contribution in [0.3, 0.4) is 0 Å². The summed E-state index contributed by atoms with van der Waals surface area (Å²) in [5.41, 5.74) is 17.2. The number of allylic oxidation sites excluding steroid dienone is 7. The molecule has 0 aromatic heterocycles. The van der Waals surface area contributed by atoms with Gasteiger partial charge in [0.1, 0.15) is 0 Å². The summed E-state index contributed by atoms with van der Waals surface area (Å²) in [6.07, 6.45) is 13.5. The lowest BCUT2D eigenvalue weighted by molar-refractivity contribution is 0.681. The molecule has 224 valence electrons. The van der Waals surface area contributed by atoms with Crippen molar-refractivity contribution in [2.45, 2.75) is 39.0 Å². The predicted octanol–water partition coefficient (Wildman–Crippen LogP) is 12.0. The van der Waals surface area contributed by atoms with E-state index in [-0.39, 0.29) is 5.41 Å². The Balaban J connectivity index is 1.27. The van der Waals surface area contributed by atoms with Crippen LogP contribution in [0.15, 0.2) is 151 Å². The summed E-state index contributed by atoms with van der Waals surface area (Å²) in [5, 5.41) is 0. The average Bonchev–Trinajstić information content (AvgIpc) is 3.59. The molecule has 0 amide bonds. The molecule has 46 heavy (non-hydrogen) atoms. The van der Waals surface area contributed by atoms with Crippen LogP contribution in [0.2, 0.25) is 0 Å². The smallest absolute Gasteiger partial charge is 0.0510 e. The van der Waals surface area contributed by atoms with E-state index in [1.165, 1.54) is 72.7 Å². The van der Waals surface area contributed by atoms with Gasteiger partial charge in [0.25, 0.3) is 0 Å². The Morgan fingerprint density at radius 1 is 0.717 bits per heavy atom. The molecule has 1 heteroatoms. The van der Waals surface area contributed by atoms with Crippen molar-refractivity contribution >= 4 is 28.6 Å². The van der Waals surface area contributed by atoms with Gasteiger partial charge in [-0.1, -0.05) is 135 Å². The molecular weight excluding hydrogens is 555 g/mol. The largest absolute Gasteiger partial charge is 0.314 e. The minimum Gasteiger partial charge on any atom is -0.314 e. The zero-order valence-electron chi connectivity index (χ0n) is 26.9. The molecule has 0 aliphatic heterocycles. The van der Waals surface area contributed by atoms with Crippen LogP contribution in [-0.2, 0) is 5.41 Å². The van der Waals surface area contributed by atoms with Crippen LogP contribution in [-0.4, -0.2) is 0 Å². The third kappa shape index (κ3) is 4.30. The molecule has 0 saturated heterocycles. The maximum Gasteiger partial charge on any atom is 0.0510 e. The average molecular weight is 594 g/mol. The Bertz CT molecular complexity index is 2040. The number of hydrogen-bond donors (Lipinski definition) is 0. The summed E-state index contributed by atoms with van der Waals surface area (Å²) in [7, 11) is 0. The van der Waals surface area contributed by atoms with Gasteiger partial charge in [-0.15, -0.1) is 0 Å². The lowest BCUT2D eigenvalue weighted by Gasteiger charge is -2.29. The van der Waals surface area contributed by atoms with Gasteiger partial charge in [0.15, 0.2) is 0 Å². The highest BCUT2D eigenvalue weighted by atomic mass is 15.1. The van der Waals surface area contributed by atoms with E-state index in [2.05, 4.69) is 177 Å². The van der Waals surface area contributed by atoms with E-state index < -0.39 is 0 Å². The van der Waals surface area contributed by atoms with Crippen molar-refractivity contribution in [2.24, 2.45) is 5.92 Å². The Kier molecular flexibility index (Phi) is 6.99. The molecule has 3 aliphatic carbocycles. The van der Waals surface area contributed by atoms with Gasteiger partial charge in [0.05, 0.1) is 5.41 Å². The molecular formula is C45H39N. The fourth-order valence-corrected chi connectivity index (χ4v) is 8.27. The van der Waals surface area contributed by atoms with Crippen molar-refractivity contribution in [3.05, 3.63) is 185 Å². The fraction of sp³-hybridized carbons (Fsp3) is 0.156. The van der Waals surface area contributed by atoms with Crippen molar-refractivity contribution in [1.82, 2.24) is 0 Å². The van der Waals surface area contributed by atoms with Crippen LogP contribution >= 0.6 is 0 Å². The lowest BCUT2D eigenvalue weighted by atomic mass is 9.73. The molecule has 5 aromatic carbocycles. The maximum absolute atomic E-state index is 2.45. The first-order valence-corrected chi connectivity index (χ1v) is 16.7. The fourth-order valence-electron chi connectivity index (χ4n) is 8.27. The van der Waals surface area contributed by atoms with Crippen LogP contribution < -0.4 is 4.90 Å². The third-order valence-electron chi connectivity index (χ3n) is 10.4. The summed E-state index contributed by atoms with van der Waals surface area (Å²) >= 11 is 0. The summed E-state index contributed by atoms with van der Waals surface area (Å²) in [6.45, 7) is 6.72. The van der Waals surface area contributed by atoms with Gasteiger partial charge < -0.3 is 4.90 Å². The second kappa shape index (κ2) is 11.3. The number of hydrogen-bond acceptors (Lipinski definition) is 1. The van der Waals surface area contributed by atoms with Crippen molar-refractivity contribution < 1.29 is 0 Å². The van der Waals surface area contributed by atoms with Gasteiger partial charge in [0.2, 0.25) is 0 Å². The molecule has 0 saturated carbocycles. The molecule has 5 aromatic rings. The zero-order valence-corrected chi connectivity index (χ0v) is 26.9. The number of anilines is 2.